The summed E-state index contributed by atoms with van der Waals surface area (Å²) >= 11 is 5.70. The average molecular weight is 338 g/mol. The van der Waals surface area contributed by atoms with Crippen LogP contribution in [-0.2, 0) is 9.47 Å². The molecule has 1 aromatic heterocycles. The Morgan fingerprint density at radius 3 is 2.43 bits per heavy atom. The first-order valence-electron chi connectivity index (χ1n) is 6.63. The molecule has 0 fully saturated rings. The molecule has 1 unspecified atom stereocenters. The summed E-state index contributed by atoms with van der Waals surface area (Å²) in [6.45, 7) is 1.62. The fraction of sp³-hybridized carbons (Fsp3) is 0.188. The first-order valence-corrected chi connectivity index (χ1v) is 7.01. The normalized spacial score (nSPS) is 11.7. The second kappa shape index (κ2) is 7.19. The molecule has 0 saturated heterocycles. The highest BCUT2D eigenvalue weighted by Gasteiger charge is 2.18. The molecule has 2 aromatic rings. The van der Waals surface area contributed by atoms with Crippen molar-refractivity contribution in [3.8, 4) is 0 Å². The monoisotopic (exact) mass is 337 g/mol. The van der Waals surface area contributed by atoms with Crippen molar-refractivity contribution >= 4 is 23.5 Å². The SMILES string of the molecule is COC(=O)c1cccc(C(=O)OC(C)c2ccc(F)c(Cl)c2)n1. The van der Waals surface area contributed by atoms with Gasteiger partial charge in [0.05, 0.1) is 12.1 Å². The molecular formula is C16H13ClFNO4. The van der Waals surface area contributed by atoms with Gasteiger partial charge in [-0.15, -0.1) is 0 Å². The van der Waals surface area contributed by atoms with E-state index in [9.17, 15) is 14.0 Å². The molecule has 2 rings (SSSR count). The molecule has 1 heterocycles. The molecule has 0 spiro atoms. The zero-order valence-corrected chi connectivity index (χ0v) is 13.1. The molecule has 0 aliphatic rings. The third kappa shape index (κ3) is 4.04. The molecule has 23 heavy (non-hydrogen) atoms. The lowest BCUT2D eigenvalue weighted by atomic mass is 10.1. The molecular weight excluding hydrogens is 325 g/mol. The molecule has 0 saturated carbocycles. The van der Waals surface area contributed by atoms with E-state index in [1.54, 1.807) is 6.92 Å². The Kier molecular flexibility index (Phi) is 5.28. The van der Waals surface area contributed by atoms with Crippen LogP contribution in [0.25, 0.3) is 0 Å². The van der Waals surface area contributed by atoms with Gasteiger partial charge in [0.2, 0.25) is 0 Å². The number of esters is 2. The second-order valence-corrected chi connectivity index (χ2v) is 5.03. The van der Waals surface area contributed by atoms with Crippen molar-refractivity contribution in [1.29, 1.82) is 0 Å². The summed E-state index contributed by atoms with van der Waals surface area (Å²) in [5.41, 5.74) is 0.501. The van der Waals surface area contributed by atoms with Crippen molar-refractivity contribution in [2.75, 3.05) is 7.11 Å². The van der Waals surface area contributed by atoms with Crippen LogP contribution < -0.4 is 0 Å². The lowest BCUT2D eigenvalue weighted by molar-refractivity contribution is 0.0330. The predicted octanol–water partition coefficient (Wildman–Crippen LogP) is 3.58. The molecule has 5 nitrogen and oxygen atoms in total. The van der Waals surface area contributed by atoms with Crippen LogP contribution in [0.1, 0.15) is 39.6 Å². The summed E-state index contributed by atoms with van der Waals surface area (Å²) in [6, 6.07) is 8.38. The Bertz CT molecular complexity index is 751. The number of hydrogen-bond acceptors (Lipinski definition) is 5. The Morgan fingerprint density at radius 1 is 1.17 bits per heavy atom. The summed E-state index contributed by atoms with van der Waals surface area (Å²) in [6.07, 6.45) is -0.663. The van der Waals surface area contributed by atoms with Crippen LogP contribution in [0.3, 0.4) is 0 Å². The largest absolute Gasteiger partial charge is 0.464 e. The summed E-state index contributed by atoms with van der Waals surface area (Å²) < 4.78 is 22.9. The fourth-order valence-electron chi connectivity index (χ4n) is 1.82. The molecule has 0 radical (unpaired) electrons. The van der Waals surface area contributed by atoms with Gasteiger partial charge in [0.25, 0.3) is 0 Å². The van der Waals surface area contributed by atoms with Gasteiger partial charge in [0, 0.05) is 0 Å². The summed E-state index contributed by atoms with van der Waals surface area (Å²) in [7, 11) is 1.22. The number of rotatable bonds is 4. The summed E-state index contributed by atoms with van der Waals surface area (Å²) in [4.78, 5) is 27.4. The van der Waals surface area contributed by atoms with Gasteiger partial charge in [-0.2, -0.15) is 0 Å². The van der Waals surface area contributed by atoms with Gasteiger partial charge in [0.1, 0.15) is 23.3 Å². The van der Waals surface area contributed by atoms with E-state index in [4.69, 9.17) is 16.3 Å². The number of hydrogen-bond donors (Lipinski definition) is 0. The van der Waals surface area contributed by atoms with Crippen molar-refractivity contribution in [1.82, 2.24) is 4.98 Å². The van der Waals surface area contributed by atoms with Crippen LogP contribution in [0.2, 0.25) is 5.02 Å². The van der Waals surface area contributed by atoms with Gasteiger partial charge >= 0.3 is 11.9 Å². The molecule has 0 N–H and O–H groups in total. The number of aromatic nitrogens is 1. The molecule has 0 amide bonds. The third-order valence-corrected chi connectivity index (χ3v) is 3.34. The first kappa shape index (κ1) is 16.9. The van der Waals surface area contributed by atoms with E-state index in [0.29, 0.717) is 5.56 Å². The summed E-state index contributed by atoms with van der Waals surface area (Å²) in [5.74, 6) is -1.93. The van der Waals surface area contributed by atoms with Crippen LogP contribution in [0.15, 0.2) is 36.4 Å². The average Bonchev–Trinajstić information content (AvgIpc) is 2.56. The van der Waals surface area contributed by atoms with E-state index in [0.717, 1.165) is 0 Å². The highest BCUT2D eigenvalue weighted by molar-refractivity contribution is 6.30. The van der Waals surface area contributed by atoms with Gasteiger partial charge < -0.3 is 9.47 Å². The zero-order valence-electron chi connectivity index (χ0n) is 12.4. The quantitative estimate of drug-likeness (QED) is 0.798. The van der Waals surface area contributed by atoms with E-state index in [-0.39, 0.29) is 16.4 Å². The van der Waals surface area contributed by atoms with E-state index < -0.39 is 23.9 Å². The van der Waals surface area contributed by atoms with Crippen LogP contribution in [0.5, 0.6) is 0 Å². The van der Waals surface area contributed by atoms with E-state index >= 15 is 0 Å². The van der Waals surface area contributed by atoms with Crippen molar-refractivity contribution in [2.24, 2.45) is 0 Å². The van der Waals surface area contributed by atoms with Crippen molar-refractivity contribution in [3.05, 3.63) is 64.2 Å². The van der Waals surface area contributed by atoms with E-state index in [2.05, 4.69) is 9.72 Å². The number of benzene rings is 1. The number of pyridine rings is 1. The minimum Gasteiger partial charge on any atom is -0.464 e. The van der Waals surface area contributed by atoms with Gasteiger partial charge in [0.15, 0.2) is 0 Å². The van der Waals surface area contributed by atoms with Crippen LogP contribution in [0, 0.1) is 5.82 Å². The topological polar surface area (TPSA) is 65.5 Å². The molecule has 120 valence electrons. The smallest absolute Gasteiger partial charge is 0.357 e. The molecule has 0 aliphatic heterocycles. The predicted molar refractivity (Wildman–Crippen MR) is 80.8 cm³/mol. The third-order valence-electron chi connectivity index (χ3n) is 3.05. The molecule has 7 heteroatoms. The Morgan fingerprint density at radius 2 is 1.83 bits per heavy atom. The number of ether oxygens (including phenoxy) is 2. The van der Waals surface area contributed by atoms with Gasteiger partial charge in [-0.3, -0.25) is 0 Å². The second-order valence-electron chi connectivity index (χ2n) is 4.62. The maximum absolute atomic E-state index is 13.1. The zero-order chi connectivity index (χ0) is 17.0. The fourth-order valence-corrected chi connectivity index (χ4v) is 2.01. The van der Waals surface area contributed by atoms with Gasteiger partial charge in [-0.05, 0) is 36.8 Å². The minimum atomic E-state index is -0.719. The lowest BCUT2D eigenvalue weighted by Crippen LogP contribution is -2.13. The van der Waals surface area contributed by atoms with Crippen LogP contribution in [-0.4, -0.2) is 24.0 Å². The Balaban J connectivity index is 2.15. The van der Waals surface area contributed by atoms with Gasteiger partial charge in [-0.25, -0.2) is 19.0 Å². The van der Waals surface area contributed by atoms with Crippen LogP contribution in [0.4, 0.5) is 4.39 Å². The molecule has 0 aliphatic carbocycles. The van der Waals surface area contributed by atoms with Crippen LogP contribution >= 0.6 is 11.6 Å². The van der Waals surface area contributed by atoms with Crippen molar-refractivity contribution < 1.29 is 23.5 Å². The lowest BCUT2D eigenvalue weighted by Gasteiger charge is -2.14. The number of halogens is 2. The van der Waals surface area contributed by atoms with Gasteiger partial charge in [-0.1, -0.05) is 23.7 Å². The van der Waals surface area contributed by atoms with E-state index in [1.807, 2.05) is 0 Å². The maximum atomic E-state index is 13.1. The molecule has 1 atom stereocenters. The van der Waals surface area contributed by atoms with E-state index in [1.165, 1.54) is 43.5 Å². The number of methoxy groups -OCH3 is 1. The highest BCUT2D eigenvalue weighted by atomic mass is 35.5. The Labute approximate surface area is 137 Å². The minimum absolute atomic E-state index is 0.000528. The van der Waals surface area contributed by atoms with Crippen molar-refractivity contribution in [3.63, 3.8) is 0 Å². The number of nitrogens with zero attached hydrogens (tertiary/aromatic N) is 1. The first-order chi connectivity index (χ1) is 10.9. The molecule has 0 bridgehead atoms. The maximum Gasteiger partial charge on any atom is 0.357 e. The number of carbonyl (C=O) groups excluding carboxylic acids is 2. The van der Waals surface area contributed by atoms with Crippen molar-refractivity contribution in [2.45, 2.75) is 13.0 Å². The standard InChI is InChI=1S/C16H13ClFNO4/c1-9(10-6-7-12(18)11(17)8-10)23-16(21)14-5-3-4-13(19-14)15(20)22-2/h3-9H,1-2H3. The Hall–Kier alpha value is -2.47. The molecule has 1 aromatic carbocycles. The number of carbonyl (C=O) groups is 2. The summed E-state index contributed by atoms with van der Waals surface area (Å²) in [5, 5.41) is -0.0591. The highest BCUT2D eigenvalue weighted by Crippen LogP contribution is 2.23.